The fourth-order valence-corrected chi connectivity index (χ4v) is 4.68. The van der Waals surface area contributed by atoms with Crippen molar-refractivity contribution in [1.29, 1.82) is 0 Å². The van der Waals surface area contributed by atoms with Crippen LogP contribution in [0.4, 0.5) is 0 Å². The summed E-state index contributed by atoms with van der Waals surface area (Å²) in [6, 6.07) is 8.58. The smallest absolute Gasteiger partial charge is 0.269 e. The van der Waals surface area contributed by atoms with Crippen molar-refractivity contribution in [1.82, 2.24) is 23.6 Å². The first-order chi connectivity index (χ1) is 13.5. The molecular formula is C20H23N5O2S. The number of hydrogen-bond acceptors (Lipinski definition) is 5. The molecule has 0 saturated heterocycles. The molecule has 0 amide bonds. The Morgan fingerprint density at radius 3 is 2.54 bits per heavy atom. The van der Waals surface area contributed by atoms with E-state index in [0.29, 0.717) is 16.8 Å². The number of rotatable bonds is 7. The molecule has 0 N–H and O–H groups in total. The SMILES string of the molecule is CCCCCCc1nnc2cnc3c(ccn3S(=O)(=O)c3ccc(C)cc3)n12. The van der Waals surface area contributed by atoms with Gasteiger partial charge in [0.25, 0.3) is 10.0 Å². The summed E-state index contributed by atoms with van der Waals surface area (Å²) >= 11 is 0. The fraction of sp³-hybridized carbons (Fsp3) is 0.350. The van der Waals surface area contributed by atoms with Crippen molar-refractivity contribution < 1.29 is 8.42 Å². The highest BCUT2D eigenvalue weighted by molar-refractivity contribution is 7.90. The van der Waals surface area contributed by atoms with Crippen LogP contribution in [-0.4, -0.2) is 32.0 Å². The van der Waals surface area contributed by atoms with Gasteiger partial charge >= 0.3 is 0 Å². The van der Waals surface area contributed by atoms with E-state index < -0.39 is 10.0 Å². The highest BCUT2D eigenvalue weighted by Gasteiger charge is 2.21. The third kappa shape index (κ3) is 3.17. The van der Waals surface area contributed by atoms with Gasteiger partial charge in [-0.2, -0.15) is 0 Å². The lowest BCUT2D eigenvalue weighted by Crippen LogP contribution is -2.12. The molecule has 0 aliphatic rings. The second-order valence-corrected chi connectivity index (χ2v) is 8.83. The Kier molecular flexibility index (Phi) is 4.89. The maximum atomic E-state index is 13.1. The van der Waals surface area contributed by atoms with Crippen LogP contribution in [0, 0.1) is 6.92 Å². The van der Waals surface area contributed by atoms with E-state index in [1.54, 1.807) is 42.7 Å². The molecule has 0 radical (unpaired) electrons. The lowest BCUT2D eigenvalue weighted by molar-refractivity contribution is 0.588. The van der Waals surface area contributed by atoms with E-state index >= 15 is 0 Å². The highest BCUT2D eigenvalue weighted by Crippen LogP contribution is 2.23. The van der Waals surface area contributed by atoms with Crippen molar-refractivity contribution in [3.8, 4) is 0 Å². The van der Waals surface area contributed by atoms with Crippen LogP contribution in [0.15, 0.2) is 47.6 Å². The molecule has 0 fully saturated rings. The van der Waals surface area contributed by atoms with E-state index in [1.165, 1.54) is 16.8 Å². The minimum atomic E-state index is -3.73. The van der Waals surface area contributed by atoms with Gasteiger partial charge < -0.3 is 0 Å². The molecule has 3 aromatic heterocycles. The number of aromatic nitrogens is 5. The summed E-state index contributed by atoms with van der Waals surface area (Å²) in [6.07, 6.45) is 8.46. The van der Waals surface area contributed by atoms with Crippen LogP contribution >= 0.6 is 0 Å². The standard InChI is InChI=1S/C20H23N5O2S/c1-3-4-5-6-7-18-22-23-19-14-21-20-17(25(18)19)12-13-24(20)28(26,27)16-10-8-15(2)9-11-16/h8-14H,3-7H2,1-2H3. The molecule has 0 atom stereocenters. The van der Waals surface area contributed by atoms with Gasteiger partial charge in [0.1, 0.15) is 5.82 Å². The number of aryl methyl sites for hydroxylation is 2. The molecule has 1 aromatic carbocycles. The number of benzene rings is 1. The van der Waals surface area contributed by atoms with Gasteiger partial charge in [0, 0.05) is 12.6 Å². The average Bonchev–Trinajstić information content (AvgIpc) is 3.29. The second-order valence-electron chi connectivity index (χ2n) is 7.02. The van der Waals surface area contributed by atoms with E-state index in [1.807, 2.05) is 11.3 Å². The Bertz CT molecular complexity index is 1220. The Morgan fingerprint density at radius 2 is 1.79 bits per heavy atom. The van der Waals surface area contributed by atoms with E-state index in [0.717, 1.165) is 30.7 Å². The van der Waals surface area contributed by atoms with Gasteiger partial charge in [-0.3, -0.25) is 4.40 Å². The predicted octanol–water partition coefficient (Wildman–Crippen LogP) is 3.75. The lowest BCUT2D eigenvalue weighted by Gasteiger charge is -2.08. The number of hydrogen-bond donors (Lipinski definition) is 0. The van der Waals surface area contributed by atoms with Crippen molar-refractivity contribution in [3.63, 3.8) is 0 Å². The Labute approximate surface area is 164 Å². The van der Waals surface area contributed by atoms with Gasteiger partial charge in [0.2, 0.25) is 0 Å². The first-order valence-corrected chi connectivity index (χ1v) is 11.0. The zero-order valence-electron chi connectivity index (χ0n) is 16.0. The Hall–Kier alpha value is -2.74. The molecular weight excluding hydrogens is 374 g/mol. The summed E-state index contributed by atoms with van der Waals surface area (Å²) in [7, 11) is -3.73. The molecule has 0 aliphatic carbocycles. The monoisotopic (exact) mass is 397 g/mol. The van der Waals surface area contributed by atoms with Crippen LogP contribution < -0.4 is 0 Å². The largest absolute Gasteiger partial charge is 0.274 e. The third-order valence-corrected chi connectivity index (χ3v) is 6.62. The summed E-state index contributed by atoms with van der Waals surface area (Å²) in [5.41, 5.74) is 2.71. The molecule has 0 bridgehead atoms. The van der Waals surface area contributed by atoms with Gasteiger partial charge in [-0.15, -0.1) is 10.2 Å². The summed E-state index contributed by atoms with van der Waals surface area (Å²) in [4.78, 5) is 4.60. The minimum absolute atomic E-state index is 0.237. The molecule has 7 nitrogen and oxygen atoms in total. The predicted molar refractivity (Wildman–Crippen MR) is 108 cm³/mol. The summed E-state index contributed by atoms with van der Waals surface area (Å²) in [5, 5.41) is 8.50. The maximum Gasteiger partial charge on any atom is 0.269 e. The first-order valence-electron chi connectivity index (χ1n) is 9.54. The quantitative estimate of drug-likeness (QED) is 0.444. The van der Waals surface area contributed by atoms with Gasteiger partial charge in [-0.25, -0.2) is 17.4 Å². The zero-order chi connectivity index (χ0) is 19.7. The molecule has 4 aromatic rings. The number of fused-ring (bicyclic) bond motifs is 3. The van der Waals surface area contributed by atoms with Gasteiger partial charge in [0.15, 0.2) is 11.3 Å². The van der Waals surface area contributed by atoms with Crippen molar-refractivity contribution >= 4 is 26.8 Å². The van der Waals surface area contributed by atoms with E-state index in [-0.39, 0.29) is 4.90 Å². The molecule has 0 unspecified atom stereocenters. The minimum Gasteiger partial charge on any atom is -0.274 e. The zero-order valence-corrected chi connectivity index (χ0v) is 16.9. The second kappa shape index (κ2) is 7.35. The first kappa shape index (κ1) is 18.6. The van der Waals surface area contributed by atoms with E-state index in [2.05, 4.69) is 22.1 Å². The van der Waals surface area contributed by atoms with Gasteiger partial charge in [0.05, 0.1) is 16.6 Å². The molecule has 4 rings (SSSR count). The van der Waals surface area contributed by atoms with Crippen LogP contribution in [0.3, 0.4) is 0 Å². The molecule has 8 heteroatoms. The molecule has 0 saturated carbocycles. The third-order valence-electron chi connectivity index (χ3n) is 4.94. The van der Waals surface area contributed by atoms with E-state index in [4.69, 9.17) is 0 Å². The van der Waals surface area contributed by atoms with Crippen molar-refractivity contribution in [2.75, 3.05) is 0 Å². The number of nitrogens with zero attached hydrogens (tertiary/aromatic N) is 5. The van der Waals surface area contributed by atoms with Crippen LogP contribution in [0.1, 0.15) is 44.0 Å². The normalized spacial score (nSPS) is 12.2. The molecule has 3 heterocycles. The molecule has 0 spiro atoms. The van der Waals surface area contributed by atoms with Crippen LogP contribution in [0.2, 0.25) is 0 Å². The Morgan fingerprint density at radius 1 is 1.00 bits per heavy atom. The van der Waals surface area contributed by atoms with Crippen LogP contribution in [0.5, 0.6) is 0 Å². The maximum absolute atomic E-state index is 13.1. The summed E-state index contributed by atoms with van der Waals surface area (Å²) in [5.74, 6) is 0.837. The highest BCUT2D eigenvalue weighted by atomic mass is 32.2. The molecule has 28 heavy (non-hydrogen) atoms. The Balaban J connectivity index is 1.79. The van der Waals surface area contributed by atoms with Crippen LogP contribution in [0.25, 0.3) is 16.8 Å². The van der Waals surface area contributed by atoms with Gasteiger partial charge in [-0.05, 0) is 31.5 Å². The van der Waals surface area contributed by atoms with Crippen molar-refractivity contribution in [2.24, 2.45) is 0 Å². The van der Waals surface area contributed by atoms with E-state index in [9.17, 15) is 8.42 Å². The summed E-state index contributed by atoms with van der Waals surface area (Å²) < 4.78 is 29.4. The topological polar surface area (TPSA) is 82.2 Å². The molecule has 146 valence electrons. The van der Waals surface area contributed by atoms with Crippen molar-refractivity contribution in [3.05, 3.63) is 54.1 Å². The summed E-state index contributed by atoms with van der Waals surface area (Å²) in [6.45, 7) is 4.10. The van der Waals surface area contributed by atoms with Gasteiger partial charge in [-0.1, -0.05) is 43.9 Å². The average molecular weight is 398 g/mol. The van der Waals surface area contributed by atoms with Crippen molar-refractivity contribution in [2.45, 2.75) is 50.8 Å². The fourth-order valence-electron chi connectivity index (χ4n) is 3.38. The van der Waals surface area contributed by atoms with Crippen LogP contribution in [-0.2, 0) is 16.4 Å². The lowest BCUT2D eigenvalue weighted by atomic mass is 10.1. The molecule has 0 aliphatic heterocycles. The number of unbranched alkanes of at least 4 members (excludes halogenated alkanes) is 3.